The zero-order valence-corrected chi connectivity index (χ0v) is 17.3. The molecule has 0 aliphatic rings. The third-order valence-corrected chi connectivity index (χ3v) is 4.85. The molecule has 1 N–H and O–H groups in total. The highest BCUT2D eigenvalue weighted by atomic mass is 16.5. The zero-order valence-electron chi connectivity index (χ0n) is 17.3. The summed E-state index contributed by atoms with van der Waals surface area (Å²) < 4.78 is 6.32. The maximum atomic E-state index is 12.8. The van der Waals surface area contributed by atoms with E-state index in [2.05, 4.69) is 15.4 Å². The largest absolute Gasteiger partial charge is 0.453 e. The van der Waals surface area contributed by atoms with Crippen LogP contribution in [0.4, 0.5) is 11.4 Å². The summed E-state index contributed by atoms with van der Waals surface area (Å²) in [5, 5.41) is 8.91. The Morgan fingerprint density at radius 1 is 1.00 bits per heavy atom. The van der Waals surface area contributed by atoms with Gasteiger partial charge in [0.2, 0.25) is 0 Å². The van der Waals surface area contributed by atoms with Crippen LogP contribution in [-0.2, 0) is 11.3 Å². The van der Waals surface area contributed by atoms with E-state index >= 15 is 0 Å². The quantitative estimate of drug-likeness (QED) is 0.354. The topological polar surface area (TPSA) is 103 Å². The number of carbonyl (C=O) groups is 2. The highest BCUT2D eigenvalue weighted by molar-refractivity contribution is 5.99. The number of ketones is 1. The highest BCUT2D eigenvalue weighted by Gasteiger charge is 2.17. The molecule has 0 saturated carbocycles. The van der Waals surface area contributed by atoms with E-state index in [1.54, 1.807) is 49.6 Å². The van der Waals surface area contributed by atoms with E-state index in [9.17, 15) is 14.4 Å². The Morgan fingerprint density at radius 3 is 2.53 bits per heavy atom. The first-order valence-corrected chi connectivity index (χ1v) is 10.0. The number of hydrogen-bond donors (Lipinski definition) is 1. The van der Waals surface area contributed by atoms with Gasteiger partial charge in [0.15, 0.2) is 18.1 Å². The first-order chi connectivity index (χ1) is 15.6. The molecule has 4 rings (SSSR count). The Bertz CT molecular complexity index is 1340. The van der Waals surface area contributed by atoms with Gasteiger partial charge in [-0.3, -0.25) is 14.6 Å². The van der Waals surface area contributed by atoms with Crippen molar-refractivity contribution >= 4 is 33.9 Å². The van der Waals surface area contributed by atoms with Gasteiger partial charge in [0.05, 0.1) is 11.9 Å². The number of aryl methyl sites for hydroxylation is 1. The molecule has 32 heavy (non-hydrogen) atoms. The summed E-state index contributed by atoms with van der Waals surface area (Å²) in [6.45, 7) is 1.57. The minimum Gasteiger partial charge on any atom is -0.453 e. The van der Waals surface area contributed by atoms with Crippen LogP contribution in [-0.4, -0.2) is 33.1 Å². The second-order valence-electron chi connectivity index (χ2n) is 6.96. The number of aromatic nitrogens is 3. The smallest absolute Gasteiger partial charge is 0.359 e. The van der Waals surface area contributed by atoms with Gasteiger partial charge in [0.1, 0.15) is 5.69 Å². The normalized spacial score (nSPS) is 10.7. The third-order valence-electron chi connectivity index (χ3n) is 4.85. The SMILES string of the molecule is CCn1nc(C(=O)OCC(=O)c2ccccc2)cc(Nc2cncc3ccccc23)c1=O. The highest BCUT2D eigenvalue weighted by Crippen LogP contribution is 2.24. The molecule has 0 spiro atoms. The molecule has 0 unspecified atom stereocenters. The average molecular weight is 428 g/mol. The Balaban J connectivity index is 1.60. The summed E-state index contributed by atoms with van der Waals surface area (Å²) in [6, 6.07) is 17.5. The van der Waals surface area contributed by atoms with Gasteiger partial charge >= 0.3 is 5.97 Å². The standard InChI is InChI=1S/C24H20N4O4/c1-2-28-23(30)19(26-21-14-25-13-17-10-6-7-11-18(17)21)12-20(27-28)24(31)32-15-22(29)16-8-4-3-5-9-16/h3-14,26H,2,15H2,1H3. The average Bonchev–Trinajstić information content (AvgIpc) is 2.84. The minimum absolute atomic E-state index is 0.0805. The van der Waals surface area contributed by atoms with E-state index in [4.69, 9.17) is 4.74 Å². The van der Waals surface area contributed by atoms with Crippen molar-refractivity contribution in [3.63, 3.8) is 0 Å². The monoisotopic (exact) mass is 428 g/mol. The molecule has 8 nitrogen and oxygen atoms in total. The minimum atomic E-state index is -0.796. The predicted molar refractivity (Wildman–Crippen MR) is 120 cm³/mol. The molecule has 2 aromatic carbocycles. The van der Waals surface area contributed by atoms with Crippen LogP contribution in [0.2, 0.25) is 0 Å². The van der Waals surface area contributed by atoms with Crippen molar-refractivity contribution in [1.82, 2.24) is 14.8 Å². The summed E-state index contributed by atoms with van der Waals surface area (Å²) in [5.41, 5.74) is 0.743. The molecule has 8 heteroatoms. The second kappa shape index (κ2) is 9.22. The number of anilines is 2. The molecule has 2 heterocycles. The fourth-order valence-corrected chi connectivity index (χ4v) is 3.22. The third kappa shape index (κ3) is 4.39. The Morgan fingerprint density at radius 2 is 1.75 bits per heavy atom. The Labute approximate surface area is 183 Å². The van der Waals surface area contributed by atoms with E-state index in [0.717, 1.165) is 15.5 Å². The summed E-state index contributed by atoms with van der Waals surface area (Å²) in [4.78, 5) is 41.8. The van der Waals surface area contributed by atoms with E-state index in [1.165, 1.54) is 6.07 Å². The van der Waals surface area contributed by atoms with E-state index < -0.39 is 18.1 Å². The number of Topliss-reactive ketones (excluding diaryl/α,β-unsaturated/α-hetero) is 1. The lowest BCUT2D eigenvalue weighted by Gasteiger charge is -2.12. The molecule has 2 aromatic heterocycles. The summed E-state index contributed by atoms with van der Waals surface area (Å²) in [7, 11) is 0. The predicted octanol–water partition coefficient (Wildman–Crippen LogP) is 3.59. The van der Waals surface area contributed by atoms with Crippen molar-refractivity contribution in [3.05, 3.63) is 94.7 Å². The number of esters is 1. The fraction of sp³-hybridized carbons (Fsp3) is 0.125. The van der Waals surface area contributed by atoms with E-state index in [0.29, 0.717) is 11.3 Å². The van der Waals surface area contributed by atoms with Gasteiger partial charge in [-0.05, 0) is 6.92 Å². The number of ether oxygens (including phenoxy) is 1. The van der Waals surface area contributed by atoms with Crippen molar-refractivity contribution in [2.45, 2.75) is 13.5 Å². The van der Waals surface area contributed by atoms with Gasteiger partial charge in [-0.15, -0.1) is 0 Å². The van der Waals surface area contributed by atoms with Crippen LogP contribution in [0.5, 0.6) is 0 Å². The van der Waals surface area contributed by atoms with Crippen LogP contribution in [0.25, 0.3) is 10.8 Å². The van der Waals surface area contributed by atoms with Crippen LogP contribution in [0.3, 0.4) is 0 Å². The first kappa shape index (κ1) is 20.9. The van der Waals surface area contributed by atoms with Gasteiger partial charge < -0.3 is 10.1 Å². The lowest BCUT2D eigenvalue weighted by molar-refractivity contribution is 0.0466. The van der Waals surface area contributed by atoms with Crippen LogP contribution in [0, 0.1) is 0 Å². The molecule has 160 valence electrons. The van der Waals surface area contributed by atoms with Crippen molar-refractivity contribution < 1.29 is 14.3 Å². The maximum Gasteiger partial charge on any atom is 0.359 e. The molecule has 4 aromatic rings. The number of benzene rings is 2. The molecule has 0 radical (unpaired) electrons. The van der Waals surface area contributed by atoms with Crippen LogP contribution in [0.15, 0.2) is 77.9 Å². The van der Waals surface area contributed by atoms with Gasteiger partial charge in [0.25, 0.3) is 5.56 Å². The Kier molecular flexibility index (Phi) is 6.03. The molecule has 0 aliphatic carbocycles. The van der Waals surface area contributed by atoms with Gasteiger partial charge in [0, 0.05) is 35.1 Å². The summed E-state index contributed by atoms with van der Waals surface area (Å²) in [5.74, 6) is -1.13. The van der Waals surface area contributed by atoms with Gasteiger partial charge in [-0.25, -0.2) is 9.48 Å². The molecule has 0 fully saturated rings. The van der Waals surface area contributed by atoms with Crippen molar-refractivity contribution in [3.8, 4) is 0 Å². The number of rotatable bonds is 7. The molecule has 0 saturated heterocycles. The summed E-state index contributed by atoms with van der Waals surface area (Å²) >= 11 is 0. The maximum absolute atomic E-state index is 12.8. The molecular weight excluding hydrogens is 408 g/mol. The molecule has 0 amide bonds. The molecule has 0 atom stereocenters. The number of hydrogen-bond acceptors (Lipinski definition) is 7. The number of nitrogens with one attached hydrogen (secondary N) is 1. The fourth-order valence-electron chi connectivity index (χ4n) is 3.22. The van der Waals surface area contributed by atoms with Gasteiger partial charge in [-0.2, -0.15) is 5.10 Å². The number of nitrogens with zero attached hydrogens (tertiary/aromatic N) is 3. The molecular formula is C24H20N4O4. The molecule has 0 aliphatic heterocycles. The van der Waals surface area contributed by atoms with Crippen molar-refractivity contribution in [1.29, 1.82) is 0 Å². The number of carbonyl (C=O) groups excluding carboxylic acids is 2. The number of pyridine rings is 1. The van der Waals surface area contributed by atoms with E-state index in [1.807, 2.05) is 24.3 Å². The van der Waals surface area contributed by atoms with Crippen LogP contribution < -0.4 is 10.9 Å². The number of fused-ring (bicyclic) bond motifs is 1. The van der Waals surface area contributed by atoms with Crippen molar-refractivity contribution in [2.24, 2.45) is 0 Å². The lowest BCUT2D eigenvalue weighted by atomic mass is 10.1. The lowest BCUT2D eigenvalue weighted by Crippen LogP contribution is -2.27. The Hall–Kier alpha value is -4.33. The van der Waals surface area contributed by atoms with Crippen LogP contribution in [0.1, 0.15) is 27.8 Å². The van der Waals surface area contributed by atoms with E-state index in [-0.39, 0.29) is 23.7 Å². The molecule has 0 bridgehead atoms. The zero-order chi connectivity index (χ0) is 22.5. The van der Waals surface area contributed by atoms with Crippen LogP contribution >= 0.6 is 0 Å². The summed E-state index contributed by atoms with van der Waals surface area (Å²) in [6.07, 6.45) is 3.33. The van der Waals surface area contributed by atoms with Gasteiger partial charge in [-0.1, -0.05) is 54.6 Å². The van der Waals surface area contributed by atoms with Crippen molar-refractivity contribution in [2.75, 3.05) is 11.9 Å². The second-order valence-corrected chi connectivity index (χ2v) is 6.96. The first-order valence-electron chi connectivity index (χ1n) is 10.0.